The molecule has 166 valence electrons. The van der Waals surface area contributed by atoms with Gasteiger partial charge in [0.15, 0.2) is 0 Å². The van der Waals surface area contributed by atoms with E-state index in [4.69, 9.17) is 9.90 Å². The molecule has 7 nitrogen and oxygen atoms in total. The van der Waals surface area contributed by atoms with Crippen LogP contribution in [0.2, 0.25) is 0 Å². The van der Waals surface area contributed by atoms with Crippen LogP contribution in [0, 0.1) is 0 Å². The summed E-state index contributed by atoms with van der Waals surface area (Å²) in [5.74, 6) is -2.48. The van der Waals surface area contributed by atoms with Crippen molar-refractivity contribution in [3.8, 4) is 0 Å². The molecule has 2 aromatic heterocycles. The van der Waals surface area contributed by atoms with E-state index in [1.807, 2.05) is 38.8 Å². The number of hydrogen-bond acceptors (Lipinski definition) is 5. The van der Waals surface area contributed by atoms with Crippen LogP contribution >= 0.6 is 11.3 Å². The number of fused-ring (bicyclic) bond motifs is 1. The average Bonchev–Trinajstić information content (AvgIpc) is 3.40. The van der Waals surface area contributed by atoms with E-state index < -0.39 is 12.1 Å². The van der Waals surface area contributed by atoms with Gasteiger partial charge in [0.25, 0.3) is 5.91 Å². The van der Waals surface area contributed by atoms with Gasteiger partial charge >= 0.3 is 12.1 Å². The van der Waals surface area contributed by atoms with Crippen LogP contribution in [-0.4, -0.2) is 62.5 Å². The van der Waals surface area contributed by atoms with E-state index in [-0.39, 0.29) is 23.9 Å². The minimum Gasteiger partial charge on any atom is -0.475 e. The number of pyridine rings is 1. The largest absolute Gasteiger partial charge is 0.490 e. The number of hydrogen-bond donors (Lipinski definition) is 1. The van der Waals surface area contributed by atoms with Crippen molar-refractivity contribution in [2.45, 2.75) is 44.1 Å². The molecular formula is C20H20F3N3O4S. The van der Waals surface area contributed by atoms with Crippen LogP contribution in [0.5, 0.6) is 0 Å². The first kappa shape index (κ1) is 22.7. The minimum atomic E-state index is -5.08. The number of nitrogens with zero attached hydrogens (tertiary/aromatic N) is 3. The van der Waals surface area contributed by atoms with E-state index in [2.05, 4.69) is 4.98 Å². The van der Waals surface area contributed by atoms with Crippen LogP contribution in [0.25, 0.3) is 0 Å². The Kier molecular flexibility index (Phi) is 6.94. The molecule has 4 heterocycles. The molecule has 0 saturated carbocycles. The molecule has 2 amide bonds. The zero-order valence-corrected chi connectivity index (χ0v) is 17.1. The van der Waals surface area contributed by atoms with Crippen molar-refractivity contribution in [2.24, 2.45) is 0 Å². The summed E-state index contributed by atoms with van der Waals surface area (Å²) in [5.41, 5.74) is 1.80. The van der Waals surface area contributed by atoms with Crippen molar-refractivity contribution < 1.29 is 32.7 Å². The first-order valence-corrected chi connectivity index (χ1v) is 10.4. The zero-order chi connectivity index (χ0) is 22.6. The lowest BCUT2D eigenvalue weighted by Gasteiger charge is -2.39. The molecule has 0 spiro atoms. The van der Waals surface area contributed by atoms with Crippen molar-refractivity contribution in [2.75, 3.05) is 6.54 Å². The van der Waals surface area contributed by atoms with Crippen LogP contribution in [0.4, 0.5) is 13.2 Å². The Bertz CT molecular complexity index is 922. The SMILES string of the molecule is O=C(O)C(F)(F)F.O=C1CC[C@H]2[C@H](CCN2C(=O)c2ccsc2)N1Cc1cccnc1. The standard InChI is InChI=1S/C18H19N3O2S.C2HF3O2/c22-17-4-3-15-16(21(17)11-13-2-1-7-19-10-13)5-8-20(15)18(23)14-6-9-24-12-14;3-2(4,5)1(6)7/h1-2,6-7,9-10,12,15-16H,3-5,8,11H2;(H,6,7)/t15-,16-;/m0./s1. The Labute approximate surface area is 180 Å². The summed E-state index contributed by atoms with van der Waals surface area (Å²) >= 11 is 1.54. The fourth-order valence-corrected chi connectivity index (χ4v) is 4.48. The van der Waals surface area contributed by atoms with Gasteiger partial charge in [0.1, 0.15) is 0 Å². The summed E-state index contributed by atoms with van der Waals surface area (Å²) in [5, 5.41) is 11.0. The van der Waals surface area contributed by atoms with Crippen molar-refractivity contribution in [1.29, 1.82) is 0 Å². The van der Waals surface area contributed by atoms with E-state index in [1.54, 1.807) is 12.4 Å². The lowest BCUT2D eigenvalue weighted by atomic mass is 9.95. The summed E-state index contributed by atoms with van der Waals surface area (Å²) in [6, 6.07) is 6.01. The van der Waals surface area contributed by atoms with Crippen molar-refractivity contribution in [3.63, 3.8) is 0 Å². The van der Waals surface area contributed by atoms with Gasteiger partial charge in [0.05, 0.1) is 17.6 Å². The Balaban J connectivity index is 0.000000339. The molecule has 11 heteroatoms. The maximum atomic E-state index is 12.7. The molecule has 1 N–H and O–H groups in total. The molecule has 2 aliphatic rings. The number of piperidine rings is 1. The highest BCUT2D eigenvalue weighted by molar-refractivity contribution is 7.08. The molecule has 0 aliphatic carbocycles. The van der Waals surface area contributed by atoms with E-state index >= 15 is 0 Å². The van der Waals surface area contributed by atoms with Gasteiger partial charge in [-0.3, -0.25) is 14.6 Å². The van der Waals surface area contributed by atoms with E-state index in [0.29, 0.717) is 13.0 Å². The van der Waals surface area contributed by atoms with Gasteiger partial charge in [-0.25, -0.2) is 4.79 Å². The number of carboxylic acids is 1. The highest BCUT2D eigenvalue weighted by Gasteiger charge is 2.45. The third kappa shape index (κ3) is 5.40. The van der Waals surface area contributed by atoms with Gasteiger partial charge < -0.3 is 14.9 Å². The Hall–Kier alpha value is -2.95. The third-order valence-corrected chi connectivity index (χ3v) is 5.92. The van der Waals surface area contributed by atoms with Crippen molar-refractivity contribution >= 4 is 29.1 Å². The molecule has 2 aliphatic heterocycles. The van der Waals surface area contributed by atoms with Gasteiger partial charge in [-0.05, 0) is 35.9 Å². The molecule has 0 unspecified atom stereocenters. The van der Waals surface area contributed by atoms with Gasteiger partial charge in [-0.2, -0.15) is 24.5 Å². The Morgan fingerprint density at radius 3 is 2.55 bits per heavy atom. The first-order valence-electron chi connectivity index (χ1n) is 9.50. The predicted octanol–water partition coefficient (Wildman–Crippen LogP) is 3.18. The maximum absolute atomic E-state index is 12.7. The molecule has 4 rings (SSSR count). The van der Waals surface area contributed by atoms with Crippen LogP contribution < -0.4 is 0 Å². The molecule has 2 saturated heterocycles. The van der Waals surface area contributed by atoms with Gasteiger partial charge in [0, 0.05) is 37.3 Å². The third-order valence-electron chi connectivity index (χ3n) is 5.23. The number of carbonyl (C=O) groups excluding carboxylic acids is 2. The summed E-state index contributed by atoms with van der Waals surface area (Å²) < 4.78 is 31.7. The second-order valence-corrected chi connectivity index (χ2v) is 7.94. The molecule has 0 radical (unpaired) electrons. The molecule has 2 aromatic rings. The quantitative estimate of drug-likeness (QED) is 0.768. The van der Waals surface area contributed by atoms with Crippen molar-refractivity contribution in [1.82, 2.24) is 14.8 Å². The molecule has 2 fully saturated rings. The number of alkyl halides is 3. The lowest BCUT2D eigenvalue weighted by Crippen LogP contribution is -2.52. The molecular weight excluding hydrogens is 435 g/mol. The molecule has 0 aromatic carbocycles. The normalized spacial score (nSPS) is 20.7. The number of halogens is 3. The van der Waals surface area contributed by atoms with Crippen LogP contribution in [0.1, 0.15) is 35.2 Å². The lowest BCUT2D eigenvalue weighted by molar-refractivity contribution is -0.192. The highest BCUT2D eigenvalue weighted by atomic mass is 32.1. The van der Waals surface area contributed by atoms with Gasteiger partial charge in [0.2, 0.25) is 5.91 Å². The Morgan fingerprint density at radius 2 is 1.97 bits per heavy atom. The maximum Gasteiger partial charge on any atom is 0.490 e. The summed E-state index contributed by atoms with van der Waals surface area (Å²) in [7, 11) is 0. The van der Waals surface area contributed by atoms with E-state index in [1.165, 1.54) is 11.3 Å². The number of aliphatic carboxylic acids is 1. The second-order valence-electron chi connectivity index (χ2n) is 7.16. The van der Waals surface area contributed by atoms with Crippen LogP contribution in [0.3, 0.4) is 0 Å². The predicted molar refractivity (Wildman–Crippen MR) is 105 cm³/mol. The molecule has 31 heavy (non-hydrogen) atoms. The number of aromatic nitrogens is 1. The Morgan fingerprint density at radius 1 is 1.23 bits per heavy atom. The molecule has 0 bridgehead atoms. The summed E-state index contributed by atoms with van der Waals surface area (Å²) in [6.07, 6.45) is 0.589. The van der Waals surface area contributed by atoms with E-state index in [9.17, 15) is 22.8 Å². The van der Waals surface area contributed by atoms with Crippen molar-refractivity contribution in [3.05, 3.63) is 52.5 Å². The molecule has 2 atom stereocenters. The number of carboxylic acid groups (broad SMARTS) is 1. The number of rotatable bonds is 3. The number of likely N-dealkylation sites (tertiary alicyclic amines) is 2. The number of amides is 2. The monoisotopic (exact) mass is 455 g/mol. The zero-order valence-electron chi connectivity index (χ0n) is 16.3. The fraction of sp³-hybridized carbons (Fsp3) is 0.400. The van der Waals surface area contributed by atoms with E-state index in [0.717, 1.165) is 30.5 Å². The minimum absolute atomic E-state index is 0.0967. The average molecular weight is 455 g/mol. The van der Waals surface area contributed by atoms with Gasteiger partial charge in [-0.15, -0.1) is 0 Å². The second kappa shape index (κ2) is 9.46. The number of thiophene rings is 1. The fourth-order valence-electron chi connectivity index (χ4n) is 3.85. The topological polar surface area (TPSA) is 90.8 Å². The first-order chi connectivity index (χ1) is 14.7. The summed E-state index contributed by atoms with van der Waals surface area (Å²) in [4.78, 5) is 42.1. The summed E-state index contributed by atoms with van der Waals surface area (Å²) in [6.45, 7) is 1.30. The van der Waals surface area contributed by atoms with Gasteiger partial charge in [-0.1, -0.05) is 6.07 Å². The van der Waals surface area contributed by atoms with Crippen LogP contribution in [0.15, 0.2) is 41.4 Å². The van der Waals surface area contributed by atoms with Crippen LogP contribution in [-0.2, 0) is 16.1 Å². The number of carbonyl (C=O) groups is 3. The smallest absolute Gasteiger partial charge is 0.475 e. The highest BCUT2D eigenvalue weighted by Crippen LogP contribution is 2.33.